The fraction of sp³-hybridized carbons (Fsp3) is 1.00. The summed E-state index contributed by atoms with van der Waals surface area (Å²) in [5.74, 6) is 0. The molecule has 2 aliphatic rings. The lowest BCUT2D eigenvalue weighted by Crippen LogP contribution is -2.45. The number of rotatable bonds is 2. The van der Waals surface area contributed by atoms with Gasteiger partial charge in [-0.3, -0.25) is 4.90 Å². The first-order chi connectivity index (χ1) is 6.70. The highest BCUT2D eigenvalue weighted by Gasteiger charge is 2.52. The molecule has 0 aromatic heterocycles. The molecule has 5 atom stereocenters. The molecule has 2 aliphatic heterocycles. The van der Waals surface area contributed by atoms with Gasteiger partial charge in [0.1, 0.15) is 0 Å². The Morgan fingerprint density at radius 3 is 2.29 bits per heavy atom. The minimum Gasteiger partial charge on any atom is -0.395 e. The van der Waals surface area contributed by atoms with E-state index in [1.807, 2.05) is 4.90 Å². The number of hydrogen-bond donors (Lipinski definition) is 4. The van der Waals surface area contributed by atoms with Gasteiger partial charge in [-0.05, 0) is 12.8 Å². The topological polar surface area (TPSA) is 84.2 Å². The molecule has 0 bridgehead atoms. The van der Waals surface area contributed by atoms with Gasteiger partial charge >= 0.3 is 0 Å². The van der Waals surface area contributed by atoms with E-state index in [4.69, 9.17) is 10.2 Å². The zero-order valence-corrected chi connectivity index (χ0v) is 7.95. The molecule has 0 aromatic rings. The Morgan fingerprint density at radius 2 is 1.71 bits per heavy atom. The van der Waals surface area contributed by atoms with Crippen LogP contribution in [0.2, 0.25) is 0 Å². The van der Waals surface area contributed by atoms with Crippen molar-refractivity contribution in [1.29, 1.82) is 0 Å². The predicted molar refractivity (Wildman–Crippen MR) is 48.6 cm³/mol. The van der Waals surface area contributed by atoms with Crippen molar-refractivity contribution in [2.75, 3.05) is 13.2 Å². The number of fused-ring (bicyclic) bond motifs is 1. The second-order valence-corrected chi connectivity index (χ2v) is 4.16. The van der Waals surface area contributed by atoms with E-state index in [-0.39, 0.29) is 25.3 Å². The van der Waals surface area contributed by atoms with Gasteiger partial charge in [0.15, 0.2) is 0 Å². The van der Waals surface area contributed by atoms with Gasteiger partial charge in [-0.25, -0.2) is 0 Å². The second kappa shape index (κ2) is 3.75. The largest absolute Gasteiger partial charge is 0.395 e. The lowest BCUT2D eigenvalue weighted by molar-refractivity contribution is 0.00990. The molecule has 14 heavy (non-hydrogen) atoms. The van der Waals surface area contributed by atoms with Crippen LogP contribution in [-0.2, 0) is 0 Å². The molecule has 2 fully saturated rings. The fourth-order valence-electron chi connectivity index (χ4n) is 2.82. The minimum atomic E-state index is -0.889. The first kappa shape index (κ1) is 10.3. The third kappa shape index (κ3) is 1.28. The highest BCUT2D eigenvalue weighted by molar-refractivity contribution is 5.06. The average Bonchev–Trinajstić information content (AvgIpc) is 2.69. The molecule has 2 rings (SSSR count). The molecule has 4 N–H and O–H groups in total. The predicted octanol–water partition coefficient (Wildman–Crippen LogP) is -2.09. The van der Waals surface area contributed by atoms with Gasteiger partial charge in [0.25, 0.3) is 0 Å². The third-order valence-corrected chi connectivity index (χ3v) is 3.52. The van der Waals surface area contributed by atoms with Crippen LogP contribution in [0.3, 0.4) is 0 Å². The van der Waals surface area contributed by atoms with Crippen LogP contribution < -0.4 is 0 Å². The molecule has 0 amide bonds. The van der Waals surface area contributed by atoms with Crippen LogP contribution in [0.1, 0.15) is 12.8 Å². The van der Waals surface area contributed by atoms with E-state index < -0.39 is 18.2 Å². The molecular weight excluding hydrogens is 186 g/mol. The maximum atomic E-state index is 9.70. The Kier molecular flexibility index (Phi) is 2.77. The van der Waals surface area contributed by atoms with Crippen LogP contribution in [0.5, 0.6) is 0 Å². The molecule has 2 heterocycles. The monoisotopic (exact) mass is 203 g/mol. The molecule has 0 aliphatic carbocycles. The lowest BCUT2D eigenvalue weighted by Gasteiger charge is -2.28. The standard InChI is InChI=1S/C9H17NO4/c11-3-5-1-2-6-8(13)9(14)7(4-12)10(5)6/h5-9,11-14H,1-4H2. The van der Waals surface area contributed by atoms with Crippen molar-refractivity contribution in [3.8, 4) is 0 Å². The maximum absolute atomic E-state index is 9.70. The third-order valence-electron chi connectivity index (χ3n) is 3.52. The highest BCUT2D eigenvalue weighted by Crippen LogP contribution is 2.36. The Morgan fingerprint density at radius 1 is 1.00 bits per heavy atom. The molecular formula is C9H17NO4. The van der Waals surface area contributed by atoms with Gasteiger partial charge in [0.2, 0.25) is 0 Å². The first-order valence-electron chi connectivity index (χ1n) is 5.06. The van der Waals surface area contributed by atoms with Crippen LogP contribution in [0.25, 0.3) is 0 Å². The summed E-state index contributed by atoms with van der Waals surface area (Å²) in [6, 6.07) is -0.544. The summed E-state index contributed by atoms with van der Waals surface area (Å²) >= 11 is 0. The highest BCUT2D eigenvalue weighted by atomic mass is 16.3. The molecule has 0 saturated carbocycles. The van der Waals surface area contributed by atoms with Crippen LogP contribution in [-0.4, -0.2) is 68.9 Å². The molecule has 5 heteroatoms. The summed E-state index contributed by atoms with van der Waals surface area (Å²) in [4.78, 5) is 1.87. The number of aliphatic hydroxyl groups excluding tert-OH is 4. The normalized spacial score (nSPS) is 48.4. The Hall–Kier alpha value is -0.200. The number of hydrogen-bond acceptors (Lipinski definition) is 5. The lowest BCUT2D eigenvalue weighted by atomic mass is 10.0. The van der Waals surface area contributed by atoms with Crippen LogP contribution in [0, 0.1) is 0 Å². The Bertz CT molecular complexity index is 211. The van der Waals surface area contributed by atoms with Crippen molar-refractivity contribution < 1.29 is 20.4 Å². The van der Waals surface area contributed by atoms with Crippen molar-refractivity contribution >= 4 is 0 Å². The van der Waals surface area contributed by atoms with E-state index in [0.717, 1.165) is 12.8 Å². The summed E-state index contributed by atoms with van der Waals surface area (Å²) in [5, 5.41) is 37.6. The Labute approximate surface area is 82.6 Å². The second-order valence-electron chi connectivity index (χ2n) is 4.16. The van der Waals surface area contributed by atoms with Crippen LogP contribution >= 0.6 is 0 Å². The number of aliphatic hydroxyl groups is 4. The maximum Gasteiger partial charge on any atom is 0.0991 e. The molecule has 0 radical (unpaired) electrons. The van der Waals surface area contributed by atoms with Gasteiger partial charge in [0.05, 0.1) is 31.5 Å². The smallest absolute Gasteiger partial charge is 0.0991 e. The minimum absolute atomic E-state index is 0.0203. The molecule has 2 saturated heterocycles. The molecule has 0 spiro atoms. The summed E-state index contributed by atoms with van der Waals surface area (Å²) < 4.78 is 0. The van der Waals surface area contributed by atoms with E-state index >= 15 is 0 Å². The summed E-state index contributed by atoms with van der Waals surface area (Å²) in [5.41, 5.74) is 0. The zero-order valence-electron chi connectivity index (χ0n) is 7.95. The first-order valence-corrected chi connectivity index (χ1v) is 5.06. The quantitative estimate of drug-likeness (QED) is 0.413. The van der Waals surface area contributed by atoms with Crippen molar-refractivity contribution in [3.63, 3.8) is 0 Å². The van der Waals surface area contributed by atoms with Crippen molar-refractivity contribution in [2.45, 2.75) is 43.2 Å². The van der Waals surface area contributed by atoms with E-state index in [1.54, 1.807) is 0 Å². The molecule has 82 valence electrons. The van der Waals surface area contributed by atoms with Gasteiger partial charge in [0, 0.05) is 12.1 Å². The van der Waals surface area contributed by atoms with Crippen molar-refractivity contribution in [3.05, 3.63) is 0 Å². The van der Waals surface area contributed by atoms with Crippen LogP contribution in [0.4, 0.5) is 0 Å². The number of nitrogens with zero attached hydrogens (tertiary/aromatic N) is 1. The summed E-state index contributed by atoms with van der Waals surface area (Å²) in [7, 11) is 0. The Balaban J connectivity index is 2.18. The zero-order chi connectivity index (χ0) is 10.3. The van der Waals surface area contributed by atoms with E-state index in [1.165, 1.54) is 0 Å². The van der Waals surface area contributed by atoms with E-state index in [2.05, 4.69) is 0 Å². The van der Waals surface area contributed by atoms with Gasteiger partial charge in [-0.2, -0.15) is 0 Å². The SMILES string of the molecule is OCC1CCC2C(O)C(O)C(CO)N12. The van der Waals surface area contributed by atoms with Gasteiger partial charge < -0.3 is 20.4 Å². The van der Waals surface area contributed by atoms with E-state index in [9.17, 15) is 10.2 Å². The molecule has 5 unspecified atom stereocenters. The van der Waals surface area contributed by atoms with Crippen LogP contribution in [0.15, 0.2) is 0 Å². The molecule has 5 nitrogen and oxygen atoms in total. The average molecular weight is 203 g/mol. The fourth-order valence-corrected chi connectivity index (χ4v) is 2.82. The van der Waals surface area contributed by atoms with Crippen molar-refractivity contribution in [1.82, 2.24) is 4.90 Å². The van der Waals surface area contributed by atoms with Gasteiger partial charge in [-0.1, -0.05) is 0 Å². The summed E-state index contributed by atoms with van der Waals surface area (Å²) in [6.07, 6.45) is -0.0791. The van der Waals surface area contributed by atoms with Gasteiger partial charge in [-0.15, -0.1) is 0 Å². The van der Waals surface area contributed by atoms with Crippen molar-refractivity contribution in [2.24, 2.45) is 0 Å². The summed E-state index contributed by atoms with van der Waals surface area (Å²) in [6.45, 7) is -0.155. The molecule has 0 aromatic carbocycles. The van der Waals surface area contributed by atoms with E-state index in [0.29, 0.717) is 0 Å².